The summed E-state index contributed by atoms with van der Waals surface area (Å²) in [5.74, 6) is 1.52. The molecule has 3 aromatic heterocycles. The lowest BCUT2D eigenvalue weighted by Gasteiger charge is -2.10. The van der Waals surface area contributed by atoms with Gasteiger partial charge in [0, 0.05) is 25.9 Å². The molecule has 96 valence electrons. The molecular weight excluding hydrogens is 240 g/mol. The van der Waals surface area contributed by atoms with Gasteiger partial charge in [-0.25, -0.2) is 19.5 Å². The average molecular weight is 254 g/mol. The number of anilines is 1. The van der Waals surface area contributed by atoms with E-state index in [1.165, 1.54) is 0 Å². The molecule has 3 aromatic rings. The number of imidazole rings is 1. The molecule has 0 N–H and O–H groups in total. The summed E-state index contributed by atoms with van der Waals surface area (Å²) >= 11 is 0. The summed E-state index contributed by atoms with van der Waals surface area (Å²) in [7, 11) is 3.92. The Balaban J connectivity index is 2.03. The Morgan fingerprint density at radius 2 is 1.95 bits per heavy atom. The Hall–Kier alpha value is -2.50. The summed E-state index contributed by atoms with van der Waals surface area (Å²) in [5.41, 5.74) is 2.63. The van der Waals surface area contributed by atoms with Crippen molar-refractivity contribution < 1.29 is 0 Å². The van der Waals surface area contributed by atoms with Crippen molar-refractivity contribution in [1.82, 2.24) is 24.6 Å². The first kappa shape index (κ1) is 11.6. The predicted molar refractivity (Wildman–Crippen MR) is 73.1 cm³/mol. The van der Waals surface area contributed by atoms with E-state index >= 15 is 0 Å². The lowest BCUT2D eigenvalue weighted by molar-refractivity contribution is 0.885. The second kappa shape index (κ2) is 4.31. The van der Waals surface area contributed by atoms with Gasteiger partial charge in [-0.1, -0.05) is 0 Å². The van der Waals surface area contributed by atoms with Gasteiger partial charge in [-0.3, -0.25) is 0 Å². The van der Waals surface area contributed by atoms with Gasteiger partial charge < -0.3 is 4.90 Å². The van der Waals surface area contributed by atoms with Gasteiger partial charge in [-0.15, -0.1) is 0 Å². The first-order chi connectivity index (χ1) is 9.13. The molecule has 6 nitrogen and oxygen atoms in total. The maximum atomic E-state index is 4.45. The van der Waals surface area contributed by atoms with E-state index in [-0.39, 0.29) is 0 Å². The molecule has 0 aliphatic rings. The maximum Gasteiger partial charge on any atom is 0.251 e. The fourth-order valence-corrected chi connectivity index (χ4v) is 1.80. The zero-order chi connectivity index (χ0) is 13.4. The number of nitrogens with zero attached hydrogens (tertiary/aromatic N) is 6. The second-order valence-electron chi connectivity index (χ2n) is 4.57. The van der Waals surface area contributed by atoms with Gasteiger partial charge in [0.15, 0.2) is 0 Å². The largest absolute Gasteiger partial charge is 0.363 e. The van der Waals surface area contributed by atoms with E-state index in [1.54, 1.807) is 10.7 Å². The summed E-state index contributed by atoms with van der Waals surface area (Å²) in [4.78, 5) is 15.1. The predicted octanol–water partition coefficient (Wildman–Crippen LogP) is 1.56. The first-order valence-corrected chi connectivity index (χ1v) is 5.96. The highest BCUT2D eigenvalue weighted by Gasteiger charge is 2.07. The molecule has 0 unspecified atom stereocenters. The number of rotatable bonds is 2. The Kier molecular flexibility index (Phi) is 2.63. The third-order valence-electron chi connectivity index (χ3n) is 2.82. The molecule has 0 amide bonds. The molecule has 0 aliphatic heterocycles. The Morgan fingerprint density at radius 3 is 2.63 bits per heavy atom. The fraction of sp³-hybridized carbons (Fsp3) is 0.231. The number of fused-ring (bicyclic) bond motifs is 1. The Bertz CT molecular complexity index is 714. The van der Waals surface area contributed by atoms with Crippen molar-refractivity contribution in [2.24, 2.45) is 0 Å². The van der Waals surface area contributed by atoms with Gasteiger partial charge in [0.25, 0.3) is 5.78 Å². The molecule has 0 saturated heterocycles. The highest BCUT2D eigenvalue weighted by atomic mass is 15.3. The van der Waals surface area contributed by atoms with Crippen molar-refractivity contribution in [2.75, 3.05) is 19.0 Å². The van der Waals surface area contributed by atoms with Gasteiger partial charge in [0.1, 0.15) is 5.82 Å². The van der Waals surface area contributed by atoms with E-state index in [0.717, 1.165) is 22.8 Å². The molecule has 3 heterocycles. The number of pyridine rings is 1. The van der Waals surface area contributed by atoms with Crippen LogP contribution in [0.1, 0.15) is 5.69 Å². The minimum absolute atomic E-state index is 0.603. The zero-order valence-corrected chi connectivity index (χ0v) is 11.1. The van der Waals surface area contributed by atoms with Crippen LogP contribution in [-0.4, -0.2) is 38.7 Å². The molecule has 0 radical (unpaired) electrons. The standard InChI is InChI=1S/C13H14N6/c1-9-6-15-19-8-11(17-13(19)16-9)10-4-5-12(14-7-10)18(2)3/h4-8H,1-3H3. The van der Waals surface area contributed by atoms with Crippen LogP contribution in [0.2, 0.25) is 0 Å². The number of hydrogen-bond acceptors (Lipinski definition) is 5. The molecule has 0 bridgehead atoms. The van der Waals surface area contributed by atoms with Crippen LogP contribution in [0, 0.1) is 6.92 Å². The van der Waals surface area contributed by atoms with Crippen molar-refractivity contribution >= 4 is 11.6 Å². The summed E-state index contributed by atoms with van der Waals surface area (Å²) in [6, 6.07) is 3.96. The number of hydrogen-bond donors (Lipinski definition) is 0. The van der Waals surface area contributed by atoms with Gasteiger partial charge in [-0.05, 0) is 19.1 Å². The lowest BCUT2D eigenvalue weighted by atomic mass is 10.2. The first-order valence-electron chi connectivity index (χ1n) is 5.96. The SMILES string of the molecule is Cc1cnn2cc(-c3ccc(N(C)C)nc3)nc2n1. The molecule has 0 atom stereocenters. The number of aromatic nitrogens is 5. The molecule has 3 rings (SSSR count). The van der Waals surface area contributed by atoms with E-state index in [2.05, 4.69) is 20.1 Å². The van der Waals surface area contributed by atoms with Crippen LogP contribution in [-0.2, 0) is 0 Å². The molecule has 0 saturated carbocycles. The molecule has 6 heteroatoms. The smallest absolute Gasteiger partial charge is 0.251 e. The fourth-order valence-electron chi connectivity index (χ4n) is 1.80. The van der Waals surface area contributed by atoms with E-state index in [9.17, 15) is 0 Å². The van der Waals surface area contributed by atoms with E-state index in [0.29, 0.717) is 5.78 Å². The molecule has 19 heavy (non-hydrogen) atoms. The van der Waals surface area contributed by atoms with Crippen LogP contribution in [0.3, 0.4) is 0 Å². The van der Waals surface area contributed by atoms with Crippen molar-refractivity contribution in [2.45, 2.75) is 6.92 Å². The second-order valence-corrected chi connectivity index (χ2v) is 4.57. The van der Waals surface area contributed by atoms with Gasteiger partial charge in [-0.2, -0.15) is 5.10 Å². The van der Waals surface area contributed by atoms with Crippen molar-refractivity contribution in [1.29, 1.82) is 0 Å². The van der Waals surface area contributed by atoms with E-state index in [4.69, 9.17) is 0 Å². The van der Waals surface area contributed by atoms with Crippen molar-refractivity contribution in [3.63, 3.8) is 0 Å². The van der Waals surface area contributed by atoms with Crippen molar-refractivity contribution in [3.8, 4) is 11.3 Å². The number of aryl methyl sites for hydroxylation is 1. The topological polar surface area (TPSA) is 59.2 Å². The third kappa shape index (κ3) is 2.12. The summed E-state index contributed by atoms with van der Waals surface area (Å²) < 4.78 is 1.67. The average Bonchev–Trinajstić information content (AvgIpc) is 2.81. The van der Waals surface area contributed by atoms with Crippen LogP contribution in [0.25, 0.3) is 17.0 Å². The third-order valence-corrected chi connectivity index (χ3v) is 2.82. The minimum Gasteiger partial charge on any atom is -0.363 e. The van der Waals surface area contributed by atoms with Crippen LogP contribution in [0.5, 0.6) is 0 Å². The summed E-state index contributed by atoms with van der Waals surface area (Å²) in [6.07, 6.45) is 5.38. The molecule has 0 aromatic carbocycles. The van der Waals surface area contributed by atoms with E-state index in [1.807, 2.05) is 50.4 Å². The van der Waals surface area contributed by atoms with Gasteiger partial charge in [0.05, 0.1) is 23.8 Å². The van der Waals surface area contributed by atoms with Gasteiger partial charge >= 0.3 is 0 Å². The monoisotopic (exact) mass is 254 g/mol. The highest BCUT2D eigenvalue weighted by molar-refractivity contribution is 5.61. The minimum atomic E-state index is 0.603. The Labute approximate surface area is 110 Å². The summed E-state index contributed by atoms with van der Waals surface area (Å²) in [6.45, 7) is 1.90. The highest BCUT2D eigenvalue weighted by Crippen LogP contribution is 2.19. The normalized spacial score (nSPS) is 10.9. The van der Waals surface area contributed by atoms with E-state index < -0.39 is 0 Å². The lowest BCUT2D eigenvalue weighted by Crippen LogP contribution is -2.09. The zero-order valence-electron chi connectivity index (χ0n) is 11.1. The molecule has 0 aliphatic carbocycles. The maximum absolute atomic E-state index is 4.45. The van der Waals surface area contributed by atoms with Gasteiger partial charge in [0.2, 0.25) is 0 Å². The summed E-state index contributed by atoms with van der Waals surface area (Å²) in [5, 5.41) is 4.24. The van der Waals surface area contributed by atoms with Crippen LogP contribution in [0.4, 0.5) is 5.82 Å². The van der Waals surface area contributed by atoms with Crippen LogP contribution < -0.4 is 4.90 Å². The van der Waals surface area contributed by atoms with Crippen LogP contribution in [0.15, 0.2) is 30.7 Å². The quantitative estimate of drug-likeness (QED) is 0.694. The van der Waals surface area contributed by atoms with Crippen molar-refractivity contribution in [3.05, 3.63) is 36.4 Å². The molecular formula is C13H14N6. The molecule has 0 spiro atoms. The Morgan fingerprint density at radius 1 is 1.11 bits per heavy atom. The molecule has 0 fully saturated rings. The van der Waals surface area contributed by atoms with Crippen LogP contribution >= 0.6 is 0 Å².